The average molecular weight is 396 g/mol. The Morgan fingerprint density at radius 2 is 0.935 bits per heavy atom. The van der Waals surface area contributed by atoms with Gasteiger partial charge in [-0.3, -0.25) is 0 Å². The van der Waals surface area contributed by atoms with Crippen molar-refractivity contribution in [1.29, 1.82) is 0 Å². The summed E-state index contributed by atoms with van der Waals surface area (Å²) in [6.45, 7) is 0. The van der Waals surface area contributed by atoms with Crippen LogP contribution in [-0.4, -0.2) is 0 Å². The molecule has 146 valence electrons. The molecule has 5 aromatic carbocycles. The molecule has 0 bridgehead atoms. The summed E-state index contributed by atoms with van der Waals surface area (Å²) in [6, 6.07) is 42.5. The van der Waals surface area contributed by atoms with E-state index in [4.69, 9.17) is 4.42 Å². The molecule has 0 aliphatic rings. The summed E-state index contributed by atoms with van der Waals surface area (Å²) in [4.78, 5) is 0. The molecule has 0 spiro atoms. The SMILES string of the molecule is c1ccc(-c2cc3oc4ccccc4c3c(-c3ccccc3)c2-c2ccccc2)cc1. The first-order valence-electron chi connectivity index (χ1n) is 10.5. The summed E-state index contributed by atoms with van der Waals surface area (Å²) in [7, 11) is 0. The van der Waals surface area contributed by atoms with E-state index in [0.29, 0.717) is 0 Å². The lowest BCUT2D eigenvalue weighted by Gasteiger charge is -2.18. The maximum Gasteiger partial charge on any atom is 0.136 e. The fourth-order valence-electron chi connectivity index (χ4n) is 4.53. The van der Waals surface area contributed by atoms with E-state index in [1.807, 2.05) is 6.07 Å². The fraction of sp³-hybridized carbons (Fsp3) is 0. The smallest absolute Gasteiger partial charge is 0.136 e. The van der Waals surface area contributed by atoms with Crippen LogP contribution in [-0.2, 0) is 0 Å². The number of rotatable bonds is 3. The van der Waals surface area contributed by atoms with Crippen molar-refractivity contribution in [2.45, 2.75) is 0 Å². The Hall–Kier alpha value is -4.10. The second-order valence-electron chi connectivity index (χ2n) is 7.74. The highest BCUT2D eigenvalue weighted by molar-refractivity contribution is 6.18. The van der Waals surface area contributed by atoms with Crippen molar-refractivity contribution in [1.82, 2.24) is 0 Å². The molecule has 1 heteroatoms. The van der Waals surface area contributed by atoms with Crippen LogP contribution in [0.5, 0.6) is 0 Å². The molecule has 0 saturated carbocycles. The third kappa shape index (κ3) is 2.94. The van der Waals surface area contributed by atoms with Crippen molar-refractivity contribution in [3.05, 3.63) is 121 Å². The maximum absolute atomic E-state index is 6.37. The first-order valence-corrected chi connectivity index (χ1v) is 10.5. The van der Waals surface area contributed by atoms with Crippen LogP contribution in [0.2, 0.25) is 0 Å². The number of hydrogen-bond donors (Lipinski definition) is 0. The van der Waals surface area contributed by atoms with Gasteiger partial charge in [-0.2, -0.15) is 0 Å². The zero-order chi connectivity index (χ0) is 20.6. The van der Waals surface area contributed by atoms with Crippen molar-refractivity contribution >= 4 is 21.9 Å². The van der Waals surface area contributed by atoms with E-state index >= 15 is 0 Å². The minimum absolute atomic E-state index is 0.915. The average Bonchev–Trinajstić information content (AvgIpc) is 3.23. The molecule has 0 unspecified atom stereocenters. The van der Waals surface area contributed by atoms with Gasteiger partial charge in [0.15, 0.2) is 0 Å². The lowest BCUT2D eigenvalue weighted by molar-refractivity contribution is 0.669. The summed E-state index contributed by atoms with van der Waals surface area (Å²) in [5, 5.41) is 2.31. The number of hydrogen-bond acceptors (Lipinski definition) is 1. The van der Waals surface area contributed by atoms with Crippen LogP contribution in [0.1, 0.15) is 0 Å². The van der Waals surface area contributed by atoms with Crippen LogP contribution in [0.4, 0.5) is 0 Å². The predicted molar refractivity (Wildman–Crippen MR) is 130 cm³/mol. The lowest BCUT2D eigenvalue weighted by atomic mass is 9.85. The minimum atomic E-state index is 0.915. The molecule has 1 heterocycles. The molecule has 0 aliphatic heterocycles. The predicted octanol–water partition coefficient (Wildman–Crippen LogP) is 8.59. The Balaban J connectivity index is 1.86. The third-order valence-electron chi connectivity index (χ3n) is 5.88. The van der Waals surface area contributed by atoms with Crippen LogP contribution >= 0.6 is 0 Å². The molecular formula is C30H20O. The molecule has 0 aliphatic carbocycles. The topological polar surface area (TPSA) is 13.1 Å². The molecule has 1 aromatic heterocycles. The van der Waals surface area contributed by atoms with E-state index in [0.717, 1.165) is 16.6 Å². The molecule has 6 aromatic rings. The zero-order valence-corrected chi connectivity index (χ0v) is 17.0. The van der Waals surface area contributed by atoms with Gasteiger partial charge in [0.05, 0.1) is 0 Å². The van der Waals surface area contributed by atoms with Gasteiger partial charge in [-0.15, -0.1) is 0 Å². The number of para-hydroxylation sites is 1. The van der Waals surface area contributed by atoms with E-state index in [-0.39, 0.29) is 0 Å². The standard InChI is InChI=1S/C30H20O/c1-4-12-21(13-5-1)25-20-27-30(24-18-10-11-19-26(24)31-27)29(23-16-8-3-9-17-23)28(25)22-14-6-2-7-15-22/h1-20H. The number of benzene rings is 5. The van der Waals surface area contributed by atoms with Gasteiger partial charge in [0, 0.05) is 16.3 Å². The molecule has 0 saturated heterocycles. The Kier molecular flexibility index (Phi) is 4.18. The van der Waals surface area contributed by atoms with E-state index in [1.54, 1.807) is 0 Å². The van der Waals surface area contributed by atoms with Crippen LogP contribution < -0.4 is 0 Å². The van der Waals surface area contributed by atoms with Gasteiger partial charge in [0.25, 0.3) is 0 Å². The molecular weight excluding hydrogens is 376 g/mol. The molecule has 0 atom stereocenters. The third-order valence-corrected chi connectivity index (χ3v) is 5.88. The van der Waals surface area contributed by atoms with Gasteiger partial charge in [0.2, 0.25) is 0 Å². The van der Waals surface area contributed by atoms with E-state index < -0.39 is 0 Å². The minimum Gasteiger partial charge on any atom is -0.456 e. The highest BCUT2D eigenvalue weighted by Crippen LogP contribution is 2.47. The molecule has 0 fully saturated rings. The molecule has 0 N–H and O–H groups in total. The fourth-order valence-corrected chi connectivity index (χ4v) is 4.53. The Bertz CT molecular complexity index is 1490. The van der Waals surface area contributed by atoms with Gasteiger partial charge in [-0.05, 0) is 39.9 Å². The van der Waals surface area contributed by atoms with Gasteiger partial charge in [-0.1, -0.05) is 109 Å². The second kappa shape index (κ2) is 7.30. The summed E-state index contributed by atoms with van der Waals surface area (Å²) in [5.41, 5.74) is 9.03. The summed E-state index contributed by atoms with van der Waals surface area (Å²) >= 11 is 0. The zero-order valence-electron chi connectivity index (χ0n) is 17.0. The quantitative estimate of drug-likeness (QED) is 0.292. The maximum atomic E-state index is 6.37. The first kappa shape index (κ1) is 17.7. The van der Waals surface area contributed by atoms with Gasteiger partial charge >= 0.3 is 0 Å². The molecule has 0 radical (unpaired) electrons. The van der Waals surface area contributed by atoms with E-state index in [1.165, 1.54) is 38.8 Å². The Morgan fingerprint density at radius 1 is 0.419 bits per heavy atom. The van der Waals surface area contributed by atoms with Crippen molar-refractivity contribution in [3.63, 3.8) is 0 Å². The highest BCUT2D eigenvalue weighted by atomic mass is 16.3. The Labute approximate surface area is 181 Å². The molecule has 6 rings (SSSR count). The Morgan fingerprint density at radius 3 is 1.58 bits per heavy atom. The lowest BCUT2D eigenvalue weighted by Crippen LogP contribution is -1.92. The van der Waals surface area contributed by atoms with Crippen LogP contribution in [0.3, 0.4) is 0 Å². The van der Waals surface area contributed by atoms with Crippen LogP contribution in [0, 0.1) is 0 Å². The van der Waals surface area contributed by atoms with Crippen molar-refractivity contribution in [2.24, 2.45) is 0 Å². The first-order chi connectivity index (χ1) is 15.4. The summed E-state index contributed by atoms with van der Waals surface area (Å²) in [6.07, 6.45) is 0. The van der Waals surface area contributed by atoms with Crippen LogP contribution in [0.25, 0.3) is 55.3 Å². The largest absolute Gasteiger partial charge is 0.456 e. The summed E-state index contributed by atoms with van der Waals surface area (Å²) in [5.74, 6) is 0. The molecule has 1 nitrogen and oxygen atoms in total. The monoisotopic (exact) mass is 396 g/mol. The molecule has 0 amide bonds. The normalized spacial score (nSPS) is 11.2. The molecule has 31 heavy (non-hydrogen) atoms. The van der Waals surface area contributed by atoms with Gasteiger partial charge in [0.1, 0.15) is 11.2 Å². The van der Waals surface area contributed by atoms with Gasteiger partial charge in [-0.25, -0.2) is 0 Å². The van der Waals surface area contributed by atoms with Crippen molar-refractivity contribution < 1.29 is 4.42 Å². The van der Waals surface area contributed by atoms with Gasteiger partial charge < -0.3 is 4.42 Å². The van der Waals surface area contributed by atoms with E-state index in [9.17, 15) is 0 Å². The second-order valence-corrected chi connectivity index (χ2v) is 7.74. The van der Waals surface area contributed by atoms with Crippen molar-refractivity contribution in [2.75, 3.05) is 0 Å². The number of furan rings is 1. The van der Waals surface area contributed by atoms with Crippen molar-refractivity contribution in [3.8, 4) is 33.4 Å². The number of fused-ring (bicyclic) bond motifs is 3. The summed E-state index contributed by atoms with van der Waals surface area (Å²) < 4.78 is 6.37. The van der Waals surface area contributed by atoms with E-state index in [2.05, 4.69) is 115 Å². The van der Waals surface area contributed by atoms with Crippen LogP contribution in [0.15, 0.2) is 126 Å². The highest BCUT2D eigenvalue weighted by Gasteiger charge is 2.21.